The Morgan fingerprint density at radius 1 is 1.33 bits per heavy atom. The van der Waals surface area contributed by atoms with Crippen molar-refractivity contribution in [2.75, 3.05) is 5.73 Å². The number of aryl methyl sites for hydroxylation is 1. The fourth-order valence-electron chi connectivity index (χ4n) is 1.35. The third-order valence-corrected chi connectivity index (χ3v) is 1.90. The molecular formula is C8H9N3O. The molecular weight excluding hydrogens is 154 g/mol. The molecule has 62 valence electrons. The molecule has 0 spiro atoms. The topological polar surface area (TPSA) is 74.7 Å². The summed E-state index contributed by atoms with van der Waals surface area (Å²) in [7, 11) is 0. The zero-order chi connectivity index (χ0) is 8.72. The van der Waals surface area contributed by atoms with Gasteiger partial charge in [0, 0.05) is 5.69 Å². The van der Waals surface area contributed by atoms with Crippen molar-refractivity contribution in [3.8, 4) is 0 Å². The molecule has 4 heteroatoms. The lowest BCUT2D eigenvalue weighted by atomic mass is 10.1. The number of benzene rings is 1. The molecule has 0 aliphatic carbocycles. The van der Waals surface area contributed by atoms with E-state index in [-0.39, 0.29) is 5.56 Å². The van der Waals surface area contributed by atoms with Crippen LogP contribution < -0.4 is 11.3 Å². The number of aromatic nitrogens is 2. The van der Waals surface area contributed by atoms with Crippen molar-refractivity contribution in [1.82, 2.24) is 10.2 Å². The monoisotopic (exact) mass is 163 g/mol. The highest BCUT2D eigenvalue weighted by Crippen LogP contribution is 2.16. The maximum absolute atomic E-state index is 11.1. The van der Waals surface area contributed by atoms with Crippen LogP contribution in [0.2, 0.25) is 0 Å². The van der Waals surface area contributed by atoms with Crippen LogP contribution in [-0.4, -0.2) is 10.2 Å². The number of aromatic amines is 2. The van der Waals surface area contributed by atoms with E-state index in [0.29, 0.717) is 11.1 Å². The lowest BCUT2D eigenvalue weighted by Gasteiger charge is -1.96. The quantitative estimate of drug-likeness (QED) is 0.501. The minimum atomic E-state index is -0.125. The fourth-order valence-corrected chi connectivity index (χ4v) is 1.35. The standard InChI is InChI=1S/C8H9N3O/c1-4-2-5(9)3-6-7(4)10-11-8(6)12/h2-3H,9H2,1H3,(H2,10,11,12). The Morgan fingerprint density at radius 2 is 2.08 bits per heavy atom. The van der Waals surface area contributed by atoms with Gasteiger partial charge in [0.25, 0.3) is 5.56 Å². The number of fused-ring (bicyclic) bond motifs is 1. The van der Waals surface area contributed by atoms with E-state index in [4.69, 9.17) is 5.73 Å². The molecule has 0 amide bonds. The van der Waals surface area contributed by atoms with E-state index in [1.807, 2.05) is 13.0 Å². The summed E-state index contributed by atoms with van der Waals surface area (Å²) in [5.74, 6) is 0. The third-order valence-electron chi connectivity index (χ3n) is 1.90. The first-order valence-electron chi connectivity index (χ1n) is 3.65. The average molecular weight is 163 g/mol. The minimum Gasteiger partial charge on any atom is -0.399 e. The van der Waals surface area contributed by atoms with Gasteiger partial charge in [0.2, 0.25) is 0 Å². The number of anilines is 1. The Morgan fingerprint density at radius 3 is 2.83 bits per heavy atom. The van der Waals surface area contributed by atoms with Crippen molar-refractivity contribution in [2.24, 2.45) is 0 Å². The van der Waals surface area contributed by atoms with Crippen LogP contribution >= 0.6 is 0 Å². The number of nitrogens with two attached hydrogens (primary N) is 1. The van der Waals surface area contributed by atoms with Crippen molar-refractivity contribution in [3.63, 3.8) is 0 Å². The maximum Gasteiger partial charge on any atom is 0.271 e. The van der Waals surface area contributed by atoms with E-state index in [2.05, 4.69) is 10.2 Å². The Balaban J connectivity index is 3.02. The average Bonchev–Trinajstić information content (AvgIpc) is 2.33. The molecule has 12 heavy (non-hydrogen) atoms. The van der Waals surface area contributed by atoms with Crippen molar-refractivity contribution >= 4 is 16.6 Å². The van der Waals surface area contributed by atoms with Crippen LogP contribution in [0.25, 0.3) is 10.9 Å². The smallest absolute Gasteiger partial charge is 0.271 e. The lowest BCUT2D eigenvalue weighted by Crippen LogP contribution is -1.98. The molecule has 0 saturated carbocycles. The Hall–Kier alpha value is -1.71. The van der Waals surface area contributed by atoms with Crippen LogP contribution in [0, 0.1) is 6.92 Å². The van der Waals surface area contributed by atoms with E-state index in [1.54, 1.807) is 6.07 Å². The van der Waals surface area contributed by atoms with Crippen LogP contribution in [0.4, 0.5) is 5.69 Å². The second-order valence-corrected chi connectivity index (χ2v) is 2.84. The maximum atomic E-state index is 11.1. The molecule has 0 aliphatic rings. The molecule has 0 fully saturated rings. The molecule has 4 N–H and O–H groups in total. The summed E-state index contributed by atoms with van der Waals surface area (Å²) >= 11 is 0. The Bertz CT molecular complexity index is 480. The first-order valence-corrected chi connectivity index (χ1v) is 3.65. The minimum absolute atomic E-state index is 0.125. The molecule has 0 atom stereocenters. The summed E-state index contributed by atoms with van der Waals surface area (Å²) in [5.41, 5.74) is 7.88. The Kier molecular flexibility index (Phi) is 1.24. The highest BCUT2D eigenvalue weighted by Gasteiger charge is 2.03. The molecule has 0 radical (unpaired) electrons. The molecule has 2 rings (SSSR count). The second kappa shape index (κ2) is 2.14. The van der Waals surface area contributed by atoms with Crippen LogP contribution in [0.3, 0.4) is 0 Å². The van der Waals surface area contributed by atoms with Crippen molar-refractivity contribution in [1.29, 1.82) is 0 Å². The first-order chi connectivity index (χ1) is 5.68. The Labute approximate surface area is 68.4 Å². The van der Waals surface area contributed by atoms with Gasteiger partial charge in [-0.1, -0.05) is 0 Å². The van der Waals surface area contributed by atoms with Crippen molar-refractivity contribution < 1.29 is 0 Å². The van der Waals surface area contributed by atoms with Crippen molar-refractivity contribution in [3.05, 3.63) is 28.0 Å². The van der Waals surface area contributed by atoms with Gasteiger partial charge >= 0.3 is 0 Å². The van der Waals surface area contributed by atoms with Gasteiger partial charge in [-0.3, -0.25) is 15.0 Å². The molecule has 0 bridgehead atoms. The molecule has 1 aromatic heterocycles. The summed E-state index contributed by atoms with van der Waals surface area (Å²) < 4.78 is 0. The fraction of sp³-hybridized carbons (Fsp3) is 0.125. The van der Waals surface area contributed by atoms with Crippen LogP contribution in [-0.2, 0) is 0 Å². The van der Waals surface area contributed by atoms with E-state index in [9.17, 15) is 4.79 Å². The summed E-state index contributed by atoms with van der Waals surface area (Å²) in [6.07, 6.45) is 0. The number of hydrogen-bond donors (Lipinski definition) is 3. The van der Waals surface area contributed by atoms with E-state index < -0.39 is 0 Å². The second-order valence-electron chi connectivity index (χ2n) is 2.84. The first kappa shape index (κ1) is 6.97. The van der Waals surface area contributed by atoms with Gasteiger partial charge in [0.15, 0.2) is 0 Å². The van der Waals surface area contributed by atoms with Crippen LogP contribution in [0.15, 0.2) is 16.9 Å². The summed E-state index contributed by atoms with van der Waals surface area (Å²) in [5, 5.41) is 5.92. The number of hydrogen-bond acceptors (Lipinski definition) is 2. The van der Waals surface area contributed by atoms with E-state index in [1.165, 1.54) is 0 Å². The molecule has 0 unspecified atom stereocenters. The normalized spacial score (nSPS) is 10.8. The molecule has 2 aromatic rings. The lowest BCUT2D eigenvalue weighted by molar-refractivity contribution is 1.08. The predicted molar refractivity (Wildman–Crippen MR) is 48.1 cm³/mol. The van der Waals surface area contributed by atoms with Gasteiger partial charge in [0.05, 0.1) is 10.9 Å². The van der Waals surface area contributed by atoms with Crippen LogP contribution in [0.5, 0.6) is 0 Å². The predicted octanol–water partition coefficient (Wildman–Crippen LogP) is 0.747. The summed E-state index contributed by atoms with van der Waals surface area (Å²) in [6.45, 7) is 1.91. The molecule has 0 aliphatic heterocycles. The van der Waals surface area contributed by atoms with Gasteiger partial charge < -0.3 is 5.73 Å². The van der Waals surface area contributed by atoms with E-state index in [0.717, 1.165) is 11.1 Å². The zero-order valence-electron chi connectivity index (χ0n) is 6.64. The van der Waals surface area contributed by atoms with E-state index >= 15 is 0 Å². The van der Waals surface area contributed by atoms with Gasteiger partial charge in [-0.2, -0.15) is 0 Å². The highest BCUT2D eigenvalue weighted by molar-refractivity contribution is 5.84. The third kappa shape index (κ3) is 0.812. The number of H-pyrrole nitrogens is 2. The summed E-state index contributed by atoms with van der Waals surface area (Å²) in [6, 6.07) is 3.49. The molecule has 0 saturated heterocycles. The van der Waals surface area contributed by atoms with Gasteiger partial charge in [0.1, 0.15) is 0 Å². The largest absolute Gasteiger partial charge is 0.399 e. The van der Waals surface area contributed by atoms with Crippen molar-refractivity contribution in [2.45, 2.75) is 6.92 Å². The van der Waals surface area contributed by atoms with Gasteiger partial charge in [-0.25, -0.2) is 0 Å². The zero-order valence-corrected chi connectivity index (χ0v) is 6.64. The SMILES string of the molecule is Cc1cc(N)cc2c(=O)[nH][nH]c12. The summed E-state index contributed by atoms with van der Waals surface area (Å²) in [4.78, 5) is 11.1. The molecule has 1 aromatic carbocycles. The number of nitrogen functional groups attached to an aromatic ring is 1. The van der Waals surface area contributed by atoms with Crippen LogP contribution in [0.1, 0.15) is 5.56 Å². The molecule has 4 nitrogen and oxygen atoms in total. The van der Waals surface area contributed by atoms with Gasteiger partial charge in [-0.05, 0) is 24.6 Å². The van der Waals surface area contributed by atoms with Gasteiger partial charge in [-0.15, -0.1) is 0 Å². The number of rotatable bonds is 0. The highest BCUT2D eigenvalue weighted by atomic mass is 16.1. The number of nitrogens with one attached hydrogen (secondary N) is 2. The molecule has 1 heterocycles.